The molecule has 1 aromatic heterocycles. The molecule has 8 nitrogen and oxygen atoms in total. The fraction of sp³-hybridized carbons (Fsp3) is 0.312. The van der Waals surface area contributed by atoms with Gasteiger partial charge in [-0.1, -0.05) is 30.7 Å². The van der Waals surface area contributed by atoms with Gasteiger partial charge in [0.15, 0.2) is 5.60 Å². The van der Waals surface area contributed by atoms with E-state index in [9.17, 15) is 12.8 Å². The van der Waals surface area contributed by atoms with Crippen LogP contribution in [-0.4, -0.2) is 40.5 Å². The first-order chi connectivity index (χ1) is 21.0. The summed E-state index contributed by atoms with van der Waals surface area (Å²) >= 11 is 6.50. The number of rotatable bonds is 11. The second kappa shape index (κ2) is 12.7. The molecule has 0 fully saturated rings. The van der Waals surface area contributed by atoms with Crippen LogP contribution in [0.3, 0.4) is 0 Å². The van der Waals surface area contributed by atoms with Crippen LogP contribution in [0.25, 0.3) is 10.9 Å². The number of sulfonamides is 1. The highest BCUT2D eigenvalue weighted by Gasteiger charge is 2.48. The quantitative estimate of drug-likeness (QED) is 0.181. The highest BCUT2D eigenvalue weighted by Crippen LogP contribution is 2.44. The summed E-state index contributed by atoms with van der Waals surface area (Å²) in [6.07, 6.45) is 4.83. The number of benzene rings is 3. The molecular weight excluding hydrogens is 610 g/mol. The maximum Gasteiger partial charge on any atom is 0.216 e. The van der Waals surface area contributed by atoms with Crippen LogP contribution < -0.4 is 10.1 Å². The van der Waals surface area contributed by atoms with Crippen LogP contribution in [0.1, 0.15) is 45.2 Å². The summed E-state index contributed by atoms with van der Waals surface area (Å²) in [5.41, 5.74) is 0.475. The minimum Gasteiger partial charge on any atom is -0.488 e. The Balaban J connectivity index is 1.47. The zero-order valence-electron chi connectivity index (χ0n) is 24.7. The number of fused-ring (bicyclic) bond motifs is 1. The van der Waals surface area contributed by atoms with Crippen molar-refractivity contribution >= 4 is 44.0 Å². The monoisotopic (exact) mass is 642 g/mol. The summed E-state index contributed by atoms with van der Waals surface area (Å²) in [5, 5.41) is 3.39. The van der Waals surface area contributed by atoms with Gasteiger partial charge in [-0.25, -0.2) is 27.2 Å². The van der Waals surface area contributed by atoms with Gasteiger partial charge in [-0.15, -0.1) is 0 Å². The predicted molar refractivity (Wildman–Crippen MR) is 167 cm³/mol. The molecular formula is C32H33ClF2N4O4S. The number of halogens is 3. The highest BCUT2D eigenvalue weighted by molar-refractivity contribution is 7.89. The Hall–Kier alpha value is -3.80. The smallest absolute Gasteiger partial charge is 0.216 e. The first kappa shape index (κ1) is 31.6. The molecule has 0 aliphatic carbocycles. The molecule has 232 valence electrons. The number of hydrogen-bond donors (Lipinski definition) is 1. The van der Waals surface area contributed by atoms with Crippen LogP contribution in [0, 0.1) is 11.6 Å². The number of anilines is 2. The van der Waals surface area contributed by atoms with Gasteiger partial charge < -0.3 is 14.8 Å². The van der Waals surface area contributed by atoms with Crippen molar-refractivity contribution in [3.8, 4) is 5.75 Å². The number of nitrogens with zero attached hydrogens (tertiary/aromatic N) is 3. The van der Waals surface area contributed by atoms with Crippen molar-refractivity contribution in [2.75, 3.05) is 11.9 Å². The van der Waals surface area contributed by atoms with Crippen molar-refractivity contribution in [2.45, 2.75) is 57.6 Å². The van der Waals surface area contributed by atoms with Crippen molar-refractivity contribution in [2.24, 2.45) is 0 Å². The summed E-state index contributed by atoms with van der Waals surface area (Å²) in [6, 6.07) is 13.4. The van der Waals surface area contributed by atoms with Crippen molar-refractivity contribution in [3.63, 3.8) is 0 Å². The number of likely N-dealkylation sites (N-methyl/N-ethyl adjacent to an activating group) is 1. The predicted octanol–water partition coefficient (Wildman–Crippen LogP) is 7.46. The number of hydrogen-bond acceptors (Lipinski definition) is 7. The Morgan fingerprint density at radius 2 is 1.91 bits per heavy atom. The maximum absolute atomic E-state index is 15.9. The van der Waals surface area contributed by atoms with E-state index in [-0.39, 0.29) is 31.0 Å². The van der Waals surface area contributed by atoms with Gasteiger partial charge in [-0.3, -0.25) is 0 Å². The lowest BCUT2D eigenvalue weighted by atomic mass is 9.83. The Morgan fingerprint density at radius 3 is 2.57 bits per heavy atom. The third-order valence-electron chi connectivity index (χ3n) is 7.79. The molecule has 3 aromatic carbocycles. The van der Waals surface area contributed by atoms with E-state index in [0.29, 0.717) is 38.7 Å². The van der Waals surface area contributed by atoms with Crippen molar-refractivity contribution in [1.29, 1.82) is 0 Å². The highest BCUT2D eigenvalue weighted by atomic mass is 35.5. The zero-order chi connectivity index (χ0) is 31.6. The van der Waals surface area contributed by atoms with E-state index in [4.69, 9.17) is 21.1 Å². The van der Waals surface area contributed by atoms with Crippen molar-refractivity contribution in [1.82, 2.24) is 14.3 Å². The van der Waals surface area contributed by atoms with Gasteiger partial charge in [0, 0.05) is 35.7 Å². The Bertz CT molecular complexity index is 1810. The Kier molecular flexibility index (Phi) is 9.10. The molecule has 0 radical (unpaired) electrons. The molecule has 2 heterocycles. The van der Waals surface area contributed by atoms with Crippen LogP contribution in [-0.2, 0) is 27.0 Å². The molecule has 2 atom stereocenters. The minimum absolute atomic E-state index is 0.139. The van der Waals surface area contributed by atoms with Crippen LogP contribution in [0.15, 0.2) is 73.3 Å². The number of ether oxygens (including phenoxy) is 2. The third kappa shape index (κ3) is 6.09. The standard InChI is InChI=1S/C32H33ClF2N4O4S/c1-5-39(44(40,41)20(2)3)21(4)32(12-7-13-43-32)26-16-25-29(17-28(26)35)36-19-37-31(25)38-24-10-11-30(27(33)15-24)42-18-22-8-6-9-23(34)14-22/h6-11,13-17,19-21H,5,12,18H2,1-4H3,(H,36,37,38). The van der Waals surface area contributed by atoms with Crippen molar-refractivity contribution in [3.05, 3.63) is 101 Å². The lowest BCUT2D eigenvalue weighted by Gasteiger charge is -2.41. The average Bonchev–Trinajstić information content (AvgIpc) is 3.48. The topological polar surface area (TPSA) is 93.7 Å². The normalized spacial score (nSPS) is 17.3. The fourth-order valence-electron chi connectivity index (χ4n) is 5.41. The van der Waals surface area contributed by atoms with Gasteiger partial charge in [0.2, 0.25) is 10.0 Å². The van der Waals surface area contributed by atoms with Crippen LogP contribution in [0.2, 0.25) is 5.02 Å². The molecule has 5 rings (SSSR count). The second-order valence-corrected chi connectivity index (χ2v) is 13.7. The molecule has 0 spiro atoms. The van der Waals surface area contributed by atoms with Gasteiger partial charge in [0.05, 0.1) is 28.1 Å². The summed E-state index contributed by atoms with van der Waals surface area (Å²) in [4.78, 5) is 8.66. The summed E-state index contributed by atoms with van der Waals surface area (Å²) in [7, 11) is -3.68. The Labute approximate surface area is 260 Å². The van der Waals surface area contributed by atoms with E-state index in [0.717, 1.165) is 0 Å². The number of nitrogens with one attached hydrogen (secondary N) is 1. The Morgan fingerprint density at radius 1 is 1.11 bits per heavy atom. The summed E-state index contributed by atoms with van der Waals surface area (Å²) < 4.78 is 69.1. The molecule has 0 saturated heterocycles. The van der Waals surface area contributed by atoms with Gasteiger partial charge >= 0.3 is 0 Å². The van der Waals surface area contributed by atoms with E-state index >= 15 is 4.39 Å². The molecule has 0 bridgehead atoms. The first-order valence-electron chi connectivity index (χ1n) is 14.2. The maximum atomic E-state index is 15.9. The minimum atomic E-state index is -3.68. The molecule has 0 amide bonds. The van der Waals surface area contributed by atoms with Crippen molar-refractivity contribution < 1.29 is 26.7 Å². The van der Waals surface area contributed by atoms with Crippen LogP contribution in [0.5, 0.6) is 5.75 Å². The van der Waals surface area contributed by atoms with Gasteiger partial charge in [0.1, 0.15) is 36.1 Å². The summed E-state index contributed by atoms with van der Waals surface area (Å²) in [6.45, 7) is 7.06. The average molecular weight is 643 g/mol. The van der Waals surface area contributed by atoms with E-state index in [2.05, 4.69) is 15.3 Å². The van der Waals surface area contributed by atoms with E-state index in [1.165, 1.54) is 35.1 Å². The second-order valence-electron chi connectivity index (χ2n) is 10.8. The molecule has 12 heteroatoms. The van der Waals surface area contributed by atoms with Crippen LogP contribution >= 0.6 is 11.6 Å². The van der Waals surface area contributed by atoms with Crippen LogP contribution in [0.4, 0.5) is 20.3 Å². The van der Waals surface area contributed by atoms with Gasteiger partial charge in [-0.05, 0) is 68.8 Å². The SMILES string of the molecule is CCN(C(C)C1(c2cc3c(Nc4ccc(OCc5cccc(F)c5)c(Cl)c4)ncnc3cc2F)CC=CO1)S(=O)(=O)C(C)C. The first-order valence-corrected chi connectivity index (χ1v) is 16.1. The third-order valence-corrected chi connectivity index (χ3v) is 10.5. The molecule has 1 N–H and O–H groups in total. The lowest BCUT2D eigenvalue weighted by molar-refractivity contribution is -0.0182. The summed E-state index contributed by atoms with van der Waals surface area (Å²) in [5.74, 6) is -0.122. The van der Waals surface area contributed by atoms with E-state index in [1.807, 2.05) is 0 Å². The fourth-order valence-corrected chi connectivity index (χ4v) is 7.16. The van der Waals surface area contributed by atoms with Gasteiger partial charge in [-0.2, -0.15) is 4.31 Å². The molecule has 0 saturated carbocycles. The zero-order valence-corrected chi connectivity index (χ0v) is 26.3. The van der Waals surface area contributed by atoms with E-state index < -0.39 is 32.7 Å². The molecule has 2 unspecified atom stereocenters. The van der Waals surface area contributed by atoms with E-state index in [1.54, 1.807) is 70.2 Å². The molecule has 44 heavy (non-hydrogen) atoms. The van der Waals surface area contributed by atoms with Gasteiger partial charge in [0.25, 0.3) is 0 Å². The molecule has 1 aliphatic rings. The number of aromatic nitrogens is 2. The molecule has 4 aromatic rings. The largest absolute Gasteiger partial charge is 0.488 e. The lowest BCUT2D eigenvalue weighted by Crippen LogP contribution is -2.53. The molecule has 1 aliphatic heterocycles.